The Hall–Kier alpha value is -1.93. The molecule has 0 unspecified atom stereocenters. The Bertz CT molecular complexity index is 893. The number of carbonyl (C=O) groups is 1. The molecule has 3 rings (SSSR count). The molecule has 2 N–H and O–H groups in total. The molecule has 0 spiro atoms. The summed E-state index contributed by atoms with van der Waals surface area (Å²) < 4.78 is 32.7. The first-order chi connectivity index (χ1) is 13.4. The highest BCUT2D eigenvalue weighted by molar-refractivity contribution is 7.89. The number of rotatable bonds is 8. The zero-order valence-electron chi connectivity index (χ0n) is 15.4. The summed E-state index contributed by atoms with van der Waals surface area (Å²) in [6.45, 7) is 1.41. The molecule has 150 valence electrons. The lowest BCUT2D eigenvalue weighted by Crippen LogP contribution is -2.32. The third-order valence-electron chi connectivity index (χ3n) is 4.56. The fraction of sp³-hybridized carbons (Fsp3) is 0.350. The van der Waals surface area contributed by atoms with E-state index in [-0.39, 0.29) is 23.5 Å². The first-order valence-corrected chi connectivity index (χ1v) is 11.0. The maximum Gasteiger partial charge on any atom is 0.251 e. The van der Waals surface area contributed by atoms with Gasteiger partial charge in [-0.1, -0.05) is 23.7 Å². The third-order valence-corrected chi connectivity index (χ3v) is 6.26. The van der Waals surface area contributed by atoms with E-state index in [1.54, 1.807) is 0 Å². The SMILES string of the molecule is O=C(NCCc1ccc(Cl)cc1)c1ccc(S(=O)(=O)NC[C@@H]2CCCO2)cc1. The van der Waals surface area contributed by atoms with Crippen LogP contribution < -0.4 is 10.0 Å². The van der Waals surface area contributed by atoms with Crippen molar-refractivity contribution in [1.82, 2.24) is 10.0 Å². The zero-order valence-corrected chi connectivity index (χ0v) is 16.9. The van der Waals surface area contributed by atoms with Crippen LogP contribution in [0.5, 0.6) is 0 Å². The van der Waals surface area contributed by atoms with Crippen molar-refractivity contribution in [2.75, 3.05) is 19.7 Å². The summed E-state index contributed by atoms with van der Waals surface area (Å²) in [6.07, 6.45) is 2.43. The highest BCUT2D eigenvalue weighted by Crippen LogP contribution is 2.14. The molecule has 1 amide bonds. The molecule has 6 nitrogen and oxygen atoms in total. The molecule has 1 heterocycles. The van der Waals surface area contributed by atoms with Gasteiger partial charge in [-0.15, -0.1) is 0 Å². The van der Waals surface area contributed by atoms with E-state index in [1.807, 2.05) is 24.3 Å². The Labute approximate surface area is 170 Å². The van der Waals surface area contributed by atoms with Gasteiger partial charge in [-0.2, -0.15) is 0 Å². The van der Waals surface area contributed by atoms with Crippen LogP contribution >= 0.6 is 11.6 Å². The van der Waals surface area contributed by atoms with Gasteiger partial charge < -0.3 is 10.1 Å². The van der Waals surface area contributed by atoms with E-state index in [1.165, 1.54) is 24.3 Å². The zero-order chi connectivity index (χ0) is 20.0. The van der Waals surface area contributed by atoms with Gasteiger partial charge in [0.1, 0.15) is 0 Å². The Balaban J connectivity index is 1.50. The fourth-order valence-electron chi connectivity index (χ4n) is 2.95. The van der Waals surface area contributed by atoms with Crippen molar-refractivity contribution in [3.8, 4) is 0 Å². The normalized spacial score (nSPS) is 16.8. The number of ether oxygens (including phenoxy) is 1. The maximum atomic E-state index is 12.3. The van der Waals surface area contributed by atoms with Crippen molar-refractivity contribution in [2.45, 2.75) is 30.3 Å². The number of carbonyl (C=O) groups excluding carboxylic acids is 1. The number of sulfonamides is 1. The summed E-state index contributed by atoms with van der Waals surface area (Å²) in [4.78, 5) is 12.4. The van der Waals surface area contributed by atoms with Crippen molar-refractivity contribution in [1.29, 1.82) is 0 Å². The summed E-state index contributed by atoms with van der Waals surface area (Å²) in [7, 11) is -3.62. The van der Waals surface area contributed by atoms with Crippen LogP contribution in [0.4, 0.5) is 0 Å². The minimum atomic E-state index is -3.62. The first-order valence-electron chi connectivity index (χ1n) is 9.18. The molecule has 28 heavy (non-hydrogen) atoms. The van der Waals surface area contributed by atoms with E-state index in [2.05, 4.69) is 10.0 Å². The molecule has 1 aliphatic heterocycles. The molecule has 0 aromatic heterocycles. The first kappa shape index (κ1) is 20.8. The molecule has 2 aromatic rings. The Kier molecular flexibility index (Phi) is 7.07. The molecule has 0 aliphatic carbocycles. The van der Waals surface area contributed by atoms with Crippen molar-refractivity contribution in [3.05, 3.63) is 64.7 Å². The summed E-state index contributed by atoms with van der Waals surface area (Å²) in [5.74, 6) is -0.245. The second-order valence-electron chi connectivity index (χ2n) is 6.64. The molecule has 1 atom stereocenters. The van der Waals surface area contributed by atoms with Gasteiger partial charge in [-0.25, -0.2) is 13.1 Å². The van der Waals surface area contributed by atoms with E-state index < -0.39 is 10.0 Å². The molecule has 0 radical (unpaired) electrons. The van der Waals surface area contributed by atoms with Crippen LogP contribution in [0.15, 0.2) is 53.4 Å². The van der Waals surface area contributed by atoms with Crippen LogP contribution in [0.2, 0.25) is 5.02 Å². The average molecular weight is 423 g/mol. The van der Waals surface area contributed by atoms with Crippen molar-refractivity contribution in [3.63, 3.8) is 0 Å². The van der Waals surface area contributed by atoms with Gasteiger partial charge in [0.05, 0.1) is 11.0 Å². The number of halogens is 1. The van der Waals surface area contributed by atoms with Gasteiger partial charge in [-0.3, -0.25) is 4.79 Å². The second kappa shape index (κ2) is 9.52. The standard InChI is InChI=1S/C20H23ClN2O4S/c21-17-7-3-15(4-8-17)11-12-22-20(24)16-5-9-19(10-6-16)28(25,26)23-14-18-2-1-13-27-18/h3-10,18,23H,1-2,11-14H2,(H,22,24)/t18-/m0/s1. The van der Waals surface area contributed by atoms with Crippen molar-refractivity contribution < 1.29 is 17.9 Å². The number of nitrogens with one attached hydrogen (secondary N) is 2. The van der Waals surface area contributed by atoms with Gasteiger partial charge in [0.2, 0.25) is 10.0 Å². The van der Waals surface area contributed by atoms with Gasteiger partial charge in [-0.05, 0) is 61.2 Å². The molecule has 2 aromatic carbocycles. The predicted octanol–water partition coefficient (Wildman–Crippen LogP) is 2.77. The van der Waals surface area contributed by atoms with Crippen molar-refractivity contribution in [2.24, 2.45) is 0 Å². The molecule has 0 bridgehead atoms. The maximum absolute atomic E-state index is 12.3. The molecular formula is C20H23ClN2O4S. The minimum Gasteiger partial charge on any atom is -0.377 e. The van der Waals surface area contributed by atoms with Gasteiger partial charge >= 0.3 is 0 Å². The summed E-state index contributed by atoms with van der Waals surface area (Å²) in [5.41, 5.74) is 1.48. The smallest absolute Gasteiger partial charge is 0.251 e. The highest BCUT2D eigenvalue weighted by atomic mass is 35.5. The van der Waals surface area contributed by atoms with E-state index >= 15 is 0 Å². The lowest BCUT2D eigenvalue weighted by Gasteiger charge is -2.12. The fourth-order valence-corrected chi connectivity index (χ4v) is 4.14. The second-order valence-corrected chi connectivity index (χ2v) is 8.85. The summed E-state index contributed by atoms with van der Waals surface area (Å²) in [5, 5.41) is 3.50. The monoisotopic (exact) mass is 422 g/mol. The number of benzene rings is 2. The lowest BCUT2D eigenvalue weighted by molar-refractivity contribution is 0.0954. The highest BCUT2D eigenvalue weighted by Gasteiger charge is 2.20. The summed E-state index contributed by atoms with van der Waals surface area (Å²) >= 11 is 5.85. The van der Waals surface area contributed by atoms with Crippen LogP contribution in [0.3, 0.4) is 0 Å². The number of hydrogen-bond acceptors (Lipinski definition) is 4. The molecule has 0 saturated carbocycles. The van der Waals surface area contributed by atoms with Crippen LogP contribution in [0.25, 0.3) is 0 Å². The molecular weight excluding hydrogens is 400 g/mol. The Morgan fingerprint density at radius 2 is 1.82 bits per heavy atom. The number of hydrogen-bond donors (Lipinski definition) is 2. The third kappa shape index (κ3) is 5.78. The Morgan fingerprint density at radius 1 is 1.11 bits per heavy atom. The topological polar surface area (TPSA) is 84.5 Å². The average Bonchev–Trinajstić information content (AvgIpc) is 3.22. The van der Waals surface area contributed by atoms with E-state index in [0.717, 1.165) is 18.4 Å². The van der Waals surface area contributed by atoms with Gasteiger partial charge in [0.15, 0.2) is 0 Å². The number of amides is 1. The molecule has 8 heteroatoms. The lowest BCUT2D eigenvalue weighted by atomic mass is 10.1. The van der Waals surface area contributed by atoms with Gasteiger partial charge in [0, 0.05) is 30.3 Å². The molecule has 1 saturated heterocycles. The van der Waals surface area contributed by atoms with Crippen molar-refractivity contribution >= 4 is 27.5 Å². The predicted molar refractivity (Wildman–Crippen MR) is 108 cm³/mol. The molecule has 1 fully saturated rings. The van der Waals surface area contributed by atoms with Gasteiger partial charge in [0.25, 0.3) is 5.91 Å². The van der Waals surface area contributed by atoms with Crippen LogP contribution in [0, 0.1) is 0 Å². The van der Waals surface area contributed by atoms with E-state index in [0.29, 0.717) is 30.2 Å². The quantitative estimate of drug-likeness (QED) is 0.685. The van der Waals surface area contributed by atoms with E-state index in [4.69, 9.17) is 16.3 Å². The van der Waals surface area contributed by atoms with Crippen LogP contribution in [0.1, 0.15) is 28.8 Å². The van der Waals surface area contributed by atoms with Crippen LogP contribution in [-0.2, 0) is 21.2 Å². The van der Waals surface area contributed by atoms with E-state index in [9.17, 15) is 13.2 Å². The Morgan fingerprint density at radius 3 is 2.46 bits per heavy atom. The van der Waals surface area contributed by atoms with Crippen LogP contribution in [-0.4, -0.2) is 40.1 Å². The minimum absolute atomic E-state index is 0.0690. The largest absolute Gasteiger partial charge is 0.377 e. The summed E-state index contributed by atoms with van der Waals surface area (Å²) in [6, 6.07) is 13.3. The molecule has 1 aliphatic rings.